The van der Waals surface area contributed by atoms with Crippen LogP contribution in [0.4, 0.5) is 13.2 Å². The van der Waals surface area contributed by atoms with Crippen LogP contribution in [0.2, 0.25) is 0 Å². The summed E-state index contributed by atoms with van der Waals surface area (Å²) in [5, 5.41) is 11.2. The number of carbonyl (C=O) groups excluding carboxylic acids is 1. The maximum absolute atomic E-state index is 13.9. The Balaban J connectivity index is 1.89. The van der Waals surface area contributed by atoms with Gasteiger partial charge in [-0.25, -0.2) is 17.9 Å². The minimum atomic E-state index is -1.30. The van der Waals surface area contributed by atoms with E-state index in [0.29, 0.717) is 24.7 Å². The maximum atomic E-state index is 13.9. The molecule has 1 aliphatic rings. The van der Waals surface area contributed by atoms with Crippen molar-refractivity contribution in [3.8, 4) is 0 Å². The molecule has 1 aromatic heterocycles. The van der Waals surface area contributed by atoms with E-state index in [2.05, 4.69) is 15.5 Å². The number of tetrazole rings is 1. The highest BCUT2D eigenvalue weighted by Gasteiger charge is 2.30. The van der Waals surface area contributed by atoms with Gasteiger partial charge in [-0.2, -0.15) is 0 Å². The number of carbonyl (C=O) groups is 1. The predicted octanol–water partition coefficient (Wildman–Crippen LogP) is 1.67. The molecule has 0 saturated heterocycles. The van der Waals surface area contributed by atoms with Crippen LogP contribution in [-0.2, 0) is 24.3 Å². The third-order valence-corrected chi connectivity index (χ3v) is 4.26. The first kappa shape index (κ1) is 16.7. The van der Waals surface area contributed by atoms with Crippen LogP contribution in [-0.4, -0.2) is 42.9 Å². The summed E-state index contributed by atoms with van der Waals surface area (Å²) in [5.74, 6) is -3.57. The van der Waals surface area contributed by atoms with Crippen molar-refractivity contribution in [2.24, 2.45) is 0 Å². The molecule has 2 aromatic rings. The van der Waals surface area contributed by atoms with E-state index >= 15 is 0 Å². The van der Waals surface area contributed by atoms with Crippen molar-refractivity contribution in [1.82, 2.24) is 25.1 Å². The quantitative estimate of drug-likeness (QED) is 0.615. The molecule has 1 aliphatic heterocycles. The SMILES string of the molecule is O=C(CCl)N(Cc1c(F)ccc(F)c1F)C1CCc2nnnn2C1. The van der Waals surface area contributed by atoms with Gasteiger partial charge in [-0.1, -0.05) is 0 Å². The fourth-order valence-corrected chi connectivity index (χ4v) is 2.92. The molecular weight excluding hydrogens is 347 g/mol. The van der Waals surface area contributed by atoms with Crippen molar-refractivity contribution < 1.29 is 18.0 Å². The number of nitrogens with zero attached hydrogens (tertiary/aromatic N) is 5. The molecule has 2 heterocycles. The lowest BCUT2D eigenvalue weighted by Crippen LogP contribution is -2.45. The molecule has 0 N–H and O–H groups in total. The normalized spacial score (nSPS) is 16.8. The number of amides is 1. The smallest absolute Gasteiger partial charge is 0.238 e. The molecule has 1 atom stereocenters. The summed E-state index contributed by atoms with van der Waals surface area (Å²) in [7, 11) is 0. The van der Waals surface area contributed by atoms with E-state index in [1.54, 1.807) is 0 Å². The van der Waals surface area contributed by atoms with Gasteiger partial charge in [0, 0.05) is 12.0 Å². The number of aryl methyl sites for hydroxylation is 1. The monoisotopic (exact) mass is 359 g/mol. The fourth-order valence-electron chi connectivity index (χ4n) is 2.77. The number of halogens is 4. The van der Waals surface area contributed by atoms with Crippen LogP contribution in [0.3, 0.4) is 0 Å². The summed E-state index contributed by atoms with van der Waals surface area (Å²) < 4.78 is 42.7. The lowest BCUT2D eigenvalue weighted by atomic mass is 10.0. The Bertz CT molecular complexity index is 769. The van der Waals surface area contributed by atoms with Gasteiger partial charge in [0.1, 0.15) is 11.7 Å². The molecule has 1 unspecified atom stereocenters. The van der Waals surface area contributed by atoms with Crippen molar-refractivity contribution in [3.05, 3.63) is 41.0 Å². The molecule has 0 aliphatic carbocycles. The summed E-state index contributed by atoms with van der Waals surface area (Å²) in [6.45, 7) is -0.132. The van der Waals surface area contributed by atoms with Gasteiger partial charge in [0.25, 0.3) is 0 Å². The molecule has 128 valence electrons. The van der Waals surface area contributed by atoms with E-state index < -0.39 is 41.5 Å². The Morgan fingerprint density at radius 2 is 2.08 bits per heavy atom. The van der Waals surface area contributed by atoms with Crippen LogP contribution >= 0.6 is 11.6 Å². The fraction of sp³-hybridized carbons (Fsp3) is 0.429. The molecular formula is C14H13ClF3N5O. The van der Waals surface area contributed by atoms with Gasteiger partial charge in [-0.05, 0) is 29.0 Å². The number of rotatable bonds is 4. The molecule has 24 heavy (non-hydrogen) atoms. The summed E-state index contributed by atoms with van der Waals surface area (Å²) >= 11 is 5.62. The average molecular weight is 360 g/mol. The summed E-state index contributed by atoms with van der Waals surface area (Å²) in [5.41, 5.74) is -0.504. The van der Waals surface area contributed by atoms with Gasteiger partial charge in [-0.15, -0.1) is 16.7 Å². The van der Waals surface area contributed by atoms with Crippen molar-refractivity contribution in [3.63, 3.8) is 0 Å². The van der Waals surface area contributed by atoms with Crippen molar-refractivity contribution in [2.75, 3.05) is 5.88 Å². The first-order chi connectivity index (χ1) is 11.5. The van der Waals surface area contributed by atoms with Gasteiger partial charge in [0.05, 0.1) is 19.1 Å². The zero-order valence-electron chi connectivity index (χ0n) is 12.4. The largest absolute Gasteiger partial charge is 0.332 e. The zero-order valence-corrected chi connectivity index (χ0v) is 13.2. The van der Waals surface area contributed by atoms with E-state index in [1.165, 1.54) is 9.58 Å². The second-order valence-electron chi connectivity index (χ2n) is 5.45. The minimum absolute atomic E-state index is 0.281. The van der Waals surface area contributed by atoms with Crippen LogP contribution in [0.1, 0.15) is 17.8 Å². The van der Waals surface area contributed by atoms with E-state index in [0.717, 1.165) is 6.07 Å². The van der Waals surface area contributed by atoms with E-state index in [1.807, 2.05) is 0 Å². The second-order valence-corrected chi connectivity index (χ2v) is 5.71. The summed E-state index contributed by atoms with van der Waals surface area (Å²) in [6, 6.07) is 1.14. The Morgan fingerprint density at radius 1 is 1.33 bits per heavy atom. The second kappa shape index (κ2) is 6.76. The number of aromatic nitrogens is 4. The Hall–Kier alpha value is -2.16. The van der Waals surface area contributed by atoms with Crippen LogP contribution in [0.15, 0.2) is 12.1 Å². The van der Waals surface area contributed by atoms with Crippen LogP contribution in [0.5, 0.6) is 0 Å². The molecule has 6 nitrogen and oxygen atoms in total. The Labute approximate surface area is 140 Å². The lowest BCUT2D eigenvalue weighted by molar-refractivity contribution is -0.132. The van der Waals surface area contributed by atoms with Crippen LogP contribution in [0.25, 0.3) is 0 Å². The average Bonchev–Trinajstić information content (AvgIpc) is 3.05. The Morgan fingerprint density at radius 3 is 2.83 bits per heavy atom. The zero-order chi connectivity index (χ0) is 17.3. The number of hydrogen-bond acceptors (Lipinski definition) is 4. The number of fused-ring (bicyclic) bond motifs is 1. The maximum Gasteiger partial charge on any atom is 0.238 e. The van der Waals surface area contributed by atoms with Crippen molar-refractivity contribution in [2.45, 2.75) is 32.0 Å². The number of hydrogen-bond donors (Lipinski definition) is 0. The molecule has 0 bridgehead atoms. The summed E-state index contributed by atoms with van der Waals surface area (Å²) in [6.07, 6.45) is 1.03. The van der Waals surface area contributed by atoms with Gasteiger partial charge in [-0.3, -0.25) is 4.79 Å². The third kappa shape index (κ3) is 3.08. The molecule has 0 spiro atoms. The van der Waals surface area contributed by atoms with Gasteiger partial charge in [0.15, 0.2) is 17.5 Å². The Kier molecular flexibility index (Phi) is 4.70. The standard InChI is InChI=1S/C14H13ClF3N5O/c15-5-13(24)22(7-9-10(16)2-3-11(17)14(9)18)8-1-4-12-19-20-21-23(12)6-8/h2-3,8H,1,4-7H2. The molecule has 0 radical (unpaired) electrons. The molecule has 0 saturated carbocycles. The van der Waals surface area contributed by atoms with Crippen molar-refractivity contribution >= 4 is 17.5 Å². The van der Waals surface area contributed by atoms with Crippen LogP contribution in [0, 0.1) is 17.5 Å². The summed E-state index contributed by atoms with van der Waals surface area (Å²) in [4.78, 5) is 13.4. The van der Waals surface area contributed by atoms with Gasteiger partial charge >= 0.3 is 0 Å². The van der Waals surface area contributed by atoms with Gasteiger partial charge in [0.2, 0.25) is 5.91 Å². The molecule has 3 rings (SSSR count). The van der Waals surface area contributed by atoms with E-state index in [4.69, 9.17) is 11.6 Å². The van der Waals surface area contributed by atoms with Crippen molar-refractivity contribution in [1.29, 1.82) is 0 Å². The molecule has 1 aromatic carbocycles. The van der Waals surface area contributed by atoms with E-state index in [-0.39, 0.29) is 12.4 Å². The molecule has 0 fully saturated rings. The molecule has 1 amide bonds. The third-order valence-electron chi connectivity index (χ3n) is 4.03. The molecule has 10 heteroatoms. The first-order valence-electron chi connectivity index (χ1n) is 7.24. The topological polar surface area (TPSA) is 63.9 Å². The highest BCUT2D eigenvalue weighted by Crippen LogP contribution is 2.23. The highest BCUT2D eigenvalue weighted by atomic mass is 35.5. The van der Waals surface area contributed by atoms with Gasteiger partial charge < -0.3 is 4.90 Å². The van der Waals surface area contributed by atoms with E-state index in [9.17, 15) is 18.0 Å². The predicted molar refractivity (Wildman–Crippen MR) is 77.5 cm³/mol. The minimum Gasteiger partial charge on any atom is -0.332 e. The van der Waals surface area contributed by atoms with Crippen LogP contribution < -0.4 is 0 Å². The number of alkyl halides is 1. The number of benzene rings is 1. The highest BCUT2D eigenvalue weighted by molar-refractivity contribution is 6.27. The first-order valence-corrected chi connectivity index (χ1v) is 7.77. The lowest BCUT2D eigenvalue weighted by Gasteiger charge is -2.33.